The fourth-order valence-electron chi connectivity index (χ4n) is 2.60. The van der Waals surface area contributed by atoms with E-state index in [1.807, 2.05) is 24.3 Å². The monoisotopic (exact) mass is 305 g/mol. The van der Waals surface area contributed by atoms with Crippen molar-refractivity contribution in [2.24, 2.45) is 0 Å². The lowest BCUT2D eigenvalue weighted by molar-refractivity contribution is -0.135. The Balaban J connectivity index is 1.60. The molecule has 0 atom stereocenters. The summed E-state index contributed by atoms with van der Waals surface area (Å²) in [5.74, 6) is 0.483. The molecule has 0 aliphatic heterocycles. The van der Waals surface area contributed by atoms with Crippen molar-refractivity contribution in [1.82, 2.24) is 5.32 Å². The molecule has 20 heavy (non-hydrogen) atoms. The molecular formula is C15H19ClF3N. The Morgan fingerprint density at radius 3 is 2.50 bits per heavy atom. The van der Waals surface area contributed by atoms with Crippen molar-refractivity contribution in [3.63, 3.8) is 0 Å². The van der Waals surface area contributed by atoms with Crippen LogP contribution in [0.4, 0.5) is 13.2 Å². The maximum Gasteiger partial charge on any atom is 0.389 e. The molecule has 5 heteroatoms. The quantitative estimate of drug-likeness (QED) is 0.736. The Morgan fingerprint density at radius 1 is 1.15 bits per heavy atom. The Morgan fingerprint density at radius 2 is 1.85 bits per heavy atom. The van der Waals surface area contributed by atoms with Crippen LogP contribution in [0.3, 0.4) is 0 Å². The number of nitrogens with one attached hydrogen (secondary N) is 1. The van der Waals surface area contributed by atoms with Gasteiger partial charge in [0.15, 0.2) is 0 Å². The molecule has 0 unspecified atom stereocenters. The molecule has 1 saturated carbocycles. The van der Waals surface area contributed by atoms with Crippen molar-refractivity contribution >= 4 is 11.6 Å². The van der Waals surface area contributed by atoms with E-state index in [0.29, 0.717) is 24.9 Å². The lowest BCUT2D eigenvalue weighted by atomic mass is 9.76. The van der Waals surface area contributed by atoms with Gasteiger partial charge in [-0.15, -0.1) is 0 Å². The Bertz CT molecular complexity index is 427. The van der Waals surface area contributed by atoms with E-state index in [2.05, 4.69) is 5.32 Å². The third-order valence-electron chi connectivity index (χ3n) is 3.80. The largest absolute Gasteiger partial charge is 0.389 e. The van der Waals surface area contributed by atoms with E-state index in [0.717, 1.165) is 17.9 Å². The van der Waals surface area contributed by atoms with Gasteiger partial charge in [0.25, 0.3) is 0 Å². The molecule has 0 saturated heterocycles. The van der Waals surface area contributed by atoms with Crippen LogP contribution in [0.5, 0.6) is 0 Å². The smallest absolute Gasteiger partial charge is 0.314 e. The molecular weight excluding hydrogens is 287 g/mol. The summed E-state index contributed by atoms with van der Waals surface area (Å²) in [4.78, 5) is 0. The van der Waals surface area contributed by atoms with Gasteiger partial charge in [-0.2, -0.15) is 13.2 Å². The molecule has 1 N–H and O–H groups in total. The Hall–Kier alpha value is -0.740. The summed E-state index contributed by atoms with van der Waals surface area (Å²) in [6.45, 7) is 0.663. The average molecular weight is 306 g/mol. The van der Waals surface area contributed by atoms with Crippen molar-refractivity contribution in [3.8, 4) is 0 Å². The fourth-order valence-corrected chi connectivity index (χ4v) is 2.89. The molecule has 0 radical (unpaired) electrons. The van der Waals surface area contributed by atoms with Crippen LogP contribution >= 0.6 is 11.6 Å². The second kappa shape index (κ2) is 6.81. The van der Waals surface area contributed by atoms with Gasteiger partial charge in [0, 0.05) is 17.5 Å². The fraction of sp³-hybridized carbons (Fsp3) is 0.600. The van der Waals surface area contributed by atoms with Crippen LogP contribution in [0.1, 0.15) is 43.6 Å². The van der Waals surface area contributed by atoms with Gasteiger partial charge in [0.05, 0.1) is 0 Å². The summed E-state index contributed by atoms with van der Waals surface area (Å²) in [6.07, 6.45) is -1.89. The topological polar surface area (TPSA) is 12.0 Å². The highest BCUT2D eigenvalue weighted by Gasteiger charge is 2.31. The highest BCUT2D eigenvalue weighted by Crippen LogP contribution is 2.39. The molecule has 1 nitrogen and oxygen atoms in total. The van der Waals surface area contributed by atoms with E-state index in [1.165, 1.54) is 5.56 Å². The van der Waals surface area contributed by atoms with Crippen LogP contribution in [-0.2, 0) is 0 Å². The first kappa shape index (κ1) is 15.6. The Labute approximate surface area is 122 Å². The minimum Gasteiger partial charge on any atom is -0.314 e. The second-order valence-corrected chi connectivity index (χ2v) is 5.82. The predicted molar refractivity (Wildman–Crippen MR) is 75.1 cm³/mol. The van der Waals surface area contributed by atoms with E-state index in [-0.39, 0.29) is 6.42 Å². The zero-order valence-corrected chi connectivity index (χ0v) is 12.0. The van der Waals surface area contributed by atoms with Gasteiger partial charge in [-0.05, 0) is 49.8 Å². The van der Waals surface area contributed by atoms with E-state index in [1.54, 1.807) is 0 Å². The number of unbranched alkanes of at least 4 members (excludes halogenated alkanes) is 1. The maximum atomic E-state index is 12.0. The summed E-state index contributed by atoms with van der Waals surface area (Å²) in [5, 5.41) is 4.12. The second-order valence-electron chi connectivity index (χ2n) is 5.41. The summed E-state index contributed by atoms with van der Waals surface area (Å²) >= 11 is 6.14. The molecule has 0 heterocycles. The van der Waals surface area contributed by atoms with Crippen molar-refractivity contribution in [1.29, 1.82) is 0 Å². The molecule has 112 valence electrons. The highest BCUT2D eigenvalue weighted by molar-refractivity contribution is 6.31. The zero-order valence-electron chi connectivity index (χ0n) is 11.2. The molecule has 1 aromatic rings. The number of benzene rings is 1. The Kier molecular flexibility index (Phi) is 5.33. The normalized spacial score (nSPS) is 22.6. The lowest BCUT2D eigenvalue weighted by Gasteiger charge is -2.37. The minimum absolute atomic E-state index is 0.206. The first-order valence-corrected chi connectivity index (χ1v) is 7.38. The summed E-state index contributed by atoms with van der Waals surface area (Å²) < 4.78 is 35.9. The summed E-state index contributed by atoms with van der Waals surface area (Å²) in [7, 11) is 0. The molecule has 1 fully saturated rings. The average Bonchev–Trinajstić information content (AvgIpc) is 2.31. The number of hydrogen-bond donors (Lipinski definition) is 1. The molecule has 0 aromatic heterocycles. The van der Waals surface area contributed by atoms with Gasteiger partial charge in [0.2, 0.25) is 0 Å². The van der Waals surface area contributed by atoms with Gasteiger partial charge < -0.3 is 5.32 Å². The van der Waals surface area contributed by atoms with Crippen LogP contribution in [0.2, 0.25) is 5.02 Å². The van der Waals surface area contributed by atoms with Gasteiger partial charge >= 0.3 is 6.18 Å². The van der Waals surface area contributed by atoms with Gasteiger partial charge in [-0.3, -0.25) is 0 Å². The predicted octanol–water partition coefficient (Wildman–Crippen LogP) is 4.91. The number of halogens is 4. The van der Waals surface area contributed by atoms with E-state index < -0.39 is 12.6 Å². The van der Waals surface area contributed by atoms with Gasteiger partial charge in [-0.25, -0.2) is 0 Å². The summed E-state index contributed by atoms with van der Waals surface area (Å²) in [5.41, 5.74) is 1.18. The minimum atomic E-state index is -4.02. The standard InChI is InChI=1S/C15H19ClF3N/c16-14-6-2-1-5-13(14)11-9-12(10-11)20-8-4-3-7-15(17,18)19/h1-2,5-6,11-12,20H,3-4,7-10H2. The summed E-state index contributed by atoms with van der Waals surface area (Å²) in [6, 6.07) is 8.27. The SMILES string of the molecule is FC(F)(F)CCCCNC1CC(c2ccccc2Cl)C1. The van der Waals surface area contributed by atoms with Crippen molar-refractivity contribution in [2.75, 3.05) is 6.54 Å². The van der Waals surface area contributed by atoms with E-state index in [4.69, 9.17) is 11.6 Å². The van der Waals surface area contributed by atoms with Crippen LogP contribution in [-0.4, -0.2) is 18.8 Å². The van der Waals surface area contributed by atoms with Gasteiger partial charge in [0.1, 0.15) is 0 Å². The highest BCUT2D eigenvalue weighted by atomic mass is 35.5. The number of rotatable bonds is 6. The molecule has 2 rings (SSSR count). The van der Waals surface area contributed by atoms with Crippen LogP contribution in [0, 0.1) is 0 Å². The maximum absolute atomic E-state index is 12.0. The third kappa shape index (κ3) is 4.67. The molecule has 1 aromatic carbocycles. The first-order valence-electron chi connectivity index (χ1n) is 7.00. The molecule has 0 amide bonds. The van der Waals surface area contributed by atoms with E-state index >= 15 is 0 Å². The van der Waals surface area contributed by atoms with Crippen molar-refractivity contribution in [2.45, 2.75) is 50.2 Å². The lowest BCUT2D eigenvalue weighted by Crippen LogP contribution is -2.40. The molecule has 0 bridgehead atoms. The molecule has 1 aliphatic carbocycles. The molecule has 1 aliphatic rings. The molecule has 0 spiro atoms. The number of alkyl halides is 3. The zero-order chi connectivity index (χ0) is 14.6. The first-order chi connectivity index (χ1) is 9.46. The van der Waals surface area contributed by atoms with E-state index in [9.17, 15) is 13.2 Å². The van der Waals surface area contributed by atoms with Crippen LogP contribution < -0.4 is 5.32 Å². The number of hydrogen-bond acceptors (Lipinski definition) is 1. The van der Waals surface area contributed by atoms with Crippen LogP contribution in [0.15, 0.2) is 24.3 Å². The third-order valence-corrected chi connectivity index (χ3v) is 4.15. The van der Waals surface area contributed by atoms with Crippen molar-refractivity contribution in [3.05, 3.63) is 34.9 Å². The van der Waals surface area contributed by atoms with Gasteiger partial charge in [-0.1, -0.05) is 29.8 Å². The van der Waals surface area contributed by atoms with Crippen molar-refractivity contribution < 1.29 is 13.2 Å². The van der Waals surface area contributed by atoms with Crippen LogP contribution in [0.25, 0.3) is 0 Å².